The van der Waals surface area contributed by atoms with Gasteiger partial charge in [-0.05, 0) is 25.1 Å². The number of aliphatic hydroxyl groups excluding tert-OH is 1. The number of aryl methyl sites for hydroxylation is 2. The van der Waals surface area contributed by atoms with Crippen molar-refractivity contribution in [3.63, 3.8) is 0 Å². The molecule has 3 nitrogen and oxygen atoms in total. The lowest BCUT2D eigenvalue weighted by atomic mass is 10.2. The Morgan fingerprint density at radius 1 is 1.33 bits per heavy atom. The Hall–Kier alpha value is -1.26. The third kappa shape index (κ3) is 3.62. The van der Waals surface area contributed by atoms with Crippen LogP contribution in [0.4, 0.5) is 0 Å². The molecular formula is C14H18N2OS. The summed E-state index contributed by atoms with van der Waals surface area (Å²) in [5, 5.41) is 14.3. The molecule has 4 heteroatoms. The lowest BCUT2D eigenvalue weighted by Crippen LogP contribution is -2.15. The average molecular weight is 262 g/mol. The highest BCUT2D eigenvalue weighted by molar-refractivity contribution is 7.99. The highest BCUT2D eigenvalue weighted by Gasteiger charge is 2.10. The Morgan fingerprint density at radius 2 is 2.06 bits per heavy atom. The number of benzene rings is 1. The van der Waals surface area contributed by atoms with E-state index in [2.05, 4.69) is 17.2 Å². The van der Waals surface area contributed by atoms with Gasteiger partial charge in [-0.15, -0.1) is 11.8 Å². The molecule has 96 valence electrons. The standard InChI is InChI=1S/C14H18N2OS/c1-11-8-12(16(2)15-11)9-13(17)10-18-14-6-4-3-5-7-14/h3-8,13,17H,9-10H2,1-2H3. The smallest absolute Gasteiger partial charge is 0.0689 e. The highest BCUT2D eigenvalue weighted by Crippen LogP contribution is 2.19. The fraction of sp³-hybridized carbons (Fsp3) is 0.357. The average Bonchev–Trinajstić information content (AvgIpc) is 2.67. The summed E-state index contributed by atoms with van der Waals surface area (Å²) < 4.78 is 1.84. The van der Waals surface area contributed by atoms with E-state index in [0.29, 0.717) is 12.2 Å². The van der Waals surface area contributed by atoms with Gasteiger partial charge in [0.1, 0.15) is 0 Å². The van der Waals surface area contributed by atoms with Gasteiger partial charge in [0, 0.05) is 29.8 Å². The van der Waals surface area contributed by atoms with Gasteiger partial charge in [0.25, 0.3) is 0 Å². The molecule has 18 heavy (non-hydrogen) atoms. The number of nitrogens with zero attached hydrogens (tertiary/aromatic N) is 2. The Bertz CT molecular complexity index is 496. The summed E-state index contributed by atoms with van der Waals surface area (Å²) in [6, 6.07) is 12.2. The molecule has 1 atom stereocenters. The number of aromatic nitrogens is 2. The summed E-state index contributed by atoms with van der Waals surface area (Å²) in [7, 11) is 1.92. The Kier molecular flexibility index (Phi) is 4.44. The molecule has 0 saturated carbocycles. The molecule has 1 heterocycles. The molecule has 1 aromatic heterocycles. The molecule has 1 unspecified atom stereocenters. The second kappa shape index (κ2) is 6.07. The van der Waals surface area contributed by atoms with Gasteiger partial charge in [-0.3, -0.25) is 4.68 Å². The summed E-state index contributed by atoms with van der Waals surface area (Å²) >= 11 is 1.68. The third-order valence-electron chi connectivity index (χ3n) is 2.73. The van der Waals surface area contributed by atoms with Gasteiger partial charge in [0.2, 0.25) is 0 Å². The predicted octanol–water partition coefficient (Wildman–Crippen LogP) is 2.42. The van der Waals surface area contributed by atoms with Crippen LogP contribution in [0.25, 0.3) is 0 Å². The van der Waals surface area contributed by atoms with Crippen molar-refractivity contribution in [2.75, 3.05) is 5.75 Å². The minimum atomic E-state index is -0.343. The van der Waals surface area contributed by atoms with Crippen molar-refractivity contribution >= 4 is 11.8 Å². The van der Waals surface area contributed by atoms with Crippen molar-refractivity contribution in [2.45, 2.75) is 24.3 Å². The van der Waals surface area contributed by atoms with E-state index in [-0.39, 0.29) is 6.10 Å². The SMILES string of the molecule is Cc1cc(CC(O)CSc2ccccc2)n(C)n1. The first-order valence-corrected chi connectivity index (χ1v) is 6.99. The van der Waals surface area contributed by atoms with Crippen LogP contribution in [-0.2, 0) is 13.5 Å². The van der Waals surface area contributed by atoms with Crippen LogP contribution in [0, 0.1) is 6.92 Å². The monoisotopic (exact) mass is 262 g/mol. The van der Waals surface area contributed by atoms with E-state index in [1.165, 1.54) is 4.90 Å². The van der Waals surface area contributed by atoms with Gasteiger partial charge in [0.15, 0.2) is 0 Å². The molecule has 0 radical (unpaired) electrons. The summed E-state index contributed by atoms with van der Waals surface area (Å²) in [4.78, 5) is 1.19. The summed E-state index contributed by atoms with van der Waals surface area (Å²) in [6.45, 7) is 1.97. The lowest BCUT2D eigenvalue weighted by Gasteiger charge is -2.10. The zero-order valence-electron chi connectivity index (χ0n) is 10.7. The molecule has 0 saturated heterocycles. The summed E-state index contributed by atoms with van der Waals surface area (Å²) in [5.74, 6) is 0.703. The minimum Gasteiger partial charge on any atom is -0.392 e. The van der Waals surface area contributed by atoms with Crippen LogP contribution in [0.5, 0.6) is 0 Å². The molecule has 0 bridgehead atoms. The van der Waals surface area contributed by atoms with Crippen molar-refractivity contribution in [3.05, 3.63) is 47.8 Å². The zero-order chi connectivity index (χ0) is 13.0. The number of thioether (sulfide) groups is 1. The van der Waals surface area contributed by atoms with Crippen LogP contribution in [0.1, 0.15) is 11.4 Å². The molecule has 0 spiro atoms. The first-order valence-electron chi connectivity index (χ1n) is 6.00. The normalized spacial score (nSPS) is 12.6. The van der Waals surface area contributed by atoms with Crippen molar-refractivity contribution in [2.24, 2.45) is 7.05 Å². The van der Waals surface area contributed by atoms with E-state index in [0.717, 1.165) is 11.4 Å². The second-order valence-electron chi connectivity index (χ2n) is 4.38. The Labute approximate surface area is 112 Å². The fourth-order valence-electron chi connectivity index (χ4n) is 1.86. The molecule has 0 aliphatic rings. The largest absolute Gasteiger partial charge is 0.392 e. The first kappa shape index (κ1) is 13.2. The first-order chi connectivity index (χ1) is 8.65. The lowest BCUT2D eigenvalue weighted by molar-refractivity contribution is 0.197. The predicted molar refractivity (Wildman–Crippen MR) is 74.8 cm³/mol. The highest BCUT2D eigenvalue weighted by atomic mass is 32.2. The van der Waals surface area contributed by atoms with E-state index in [9.17, 15) is 5.11 Å². The van der Waals surface area contributed by atoms with Crippen LogP contribution in [0.2, 0.25) is 0 Å². The van der Waals surface area contributed by atoms with E-state index in [1.807, 2.05) is 42.9 Å². The molecule has 0 amide bonds. The quantitative estimate of drug-likeness (QED) is 0.841. The minimum absolute atomic E-state index is 0.343. The summed E-state index contributed by atoms with van der Waals surface area (Å²) in [6.07, 6.45) is 0.307. The maximum absolute atomic E-state index is 10.0. The fourth-order valence-corrected chi connectivity index (χ4v) is 2.72. The third-order valence-corrected chi connectivity index (χ3v) is 3.89. The molecule has 1 N–H and O–H groups in total. The van der Waals surface area contributed by atoms with E-state index >= 15 is 0 Å². The second-order valence-corrected chi connectivity index (χ2v) is 5.48. The zero-order valence-corrected chi connectivity index (χ0v) is 11.5. The van der Waals surface area contributed by atoms with Gasteiger partial charge < -0.3 is 5.11 Å². The molecular weight excluding hydrogens is 244 g/mol. The van der Waals surface area contributed by atoms with Gasteiger partial charge >= 0.3 is 0 Å². The molecule has 0 aliphatic carbocycles. The molecule has 2 aromatic rings. The van der Waals surface area contributed by atoms with Crippen LogP contribution in [0.15, 0.2) is 41.3 Å². The van der Waals surface area contributed by atoms with E-state index < -0.39 is 0 Å². The van der Waals surface area contributed by atoms with Crippen molar-refractivity contribution < 1.29 is 5.11 Å². The molecule has 0 aliphatic heterocycles. The number of hydrogen-bond donors (Lipinski definition) is 1. The maximum Gasteiger partial charge on any atom is 0.0689 e. The van der Waals surface area contributed by atoms with E-state index in [4.69, 9.17) is 0 Å². The number of rotatable bonds is 5. The van der Waals surface area contributed by atoms with Crippen LogP contribution >= 0.6 is 11.8 Å². The Morgan fingerprint density at radius 3 is 2.67 bits per heavy atom. The number of hydrogen-bond acceptors (Lipinski definition) is 3. The molecule has 1 aromatic carbocycles. The van der Waals surface area contributed by atoms with Crippen LogP contribution < -0.4 is 0 Å². The van der Waals surface area contributed by atoms with Gasteiger partial charge in [-0.2, -0.15) is 5.10 Å². The van der Waals surface area contributed by atoms with Gasteiger partial charge in [-0.25, -0.2) is 0 Å². The molecule has 2 rings (SSSR count). The van der Waals surface area contributed by atoms with E-state index in [1.54, 1.807) is 11.8 Å². The topological polar surface area (TPSA) is 38.0 Å². The molecule has 0 fully saturated rings. The van der Waals surface area contributed by atoms with Gasteiger partial charge in [0.05, 0.1) is 11.8 Å². The Balaban J connectivity index is 1.86. The van der Waals surface area contributed by atoms with Crippen LogP contribution in [0.3, 0.4) is 0 Å². The van der Waals surface area contributed by atoms with Crippen molar-refractivity contribution in [1.29, 1.82) is 0 Å². The van der Waals surface area contributed by atoms with Gasteiger partial charge in [-0.1, -0.05) is 18.2 Å². The van der Waals surface area contributed by atoms with Crippen molar-refractivity contribution in [3.8, 4) is 0 Å². The number of aliphatic hydroxyl groups is 1. The van der Waals surface area contributed by atoms with Crippen molar-refractivity contribution in [1.82, 2.24) is 9.78 Å². The summed E-state index contributed by atoms with van der Waals surface area (Å²) in [5.41, 5.74) is 2.07. The maximum atomic E-state index is 10.0. The van der Waals surface area contributed by atoms with Crippen LogP contribution in [-0.4, -0.2) is 26.7 Å².